The van der Waals surface area contributed by atoms with Gasteiger partial charge in [-0.3, -0.25) is 14.4 Å². The Morgan fingerprint density at radius 2 is 2.04 bits per heavy atom. The molecule has 0 spiro atoms. The minimum absolute atomic E-state index is 0.0587. The Bertz CT molecular complexity index is 654. The molecule has 1 heterocycles. The van der Waals surface area contributed by atoms with Crippen LogP contribution in [0.1, 0.15) is 42.6 Å². The first kappa shape index (κ1) is 18.0. The summed E-state index contributed by atoms with van der Waals surface area (Å²) in [5.41, 5.74) is 2.03. The molecule has 24 heavy (non-hydrogen) atoms. The first-order valence-electron chi connectivity index (χ1n) is 8.19. The topological polar surface area (TPSA) is 86.7 Å². The van der Waals surface area contributed by atoms with Gasteiger partial charge in [0.05, 0.1) is 6.42 Å². The van der Waals surface area contributed by atoms with Gasteiger partial charge in [0.15, 0.2) is 0 Å². The van der Waals surface area contributed by atoms with Gasteiger partial charge >= 0.3 is 5.97 Å². The third-order valence-corrected chi connectivity index (χ3v) is 4.26. The zero-order chi connectivity index (χ0) is 17.9. The van der Waals surface area contributed by atoms with Crippen molar-refractivity contribution in [1.29, 1.82) is 0 Å². The number of likely N-dealkylation sites (N-methyl/N-ethyl adjacent to an activating group) is 1. The van der Waals surface area contributed by atoms with Crippen LogP contribution in [-0.4, -0.2) is 41.4 Å². The van der Waals surface area contributed by atoms with Gasteiger partial charge in [-0.1, -0.05) is 19.9 Å². The van der Waals surface area contributed by atoms with Crippen LogP contribution in [0, 0.1) is 11.8 Å². The van der Waals surface area contributed by atoms with Crippen molar-refractivity contribution in [2.24, 2.45) is 11.8 Å². The van der Waals surface area contributed by atoms with Crippen LogP contribution in [-0.2, 0) is 16.0 Å². The molecule has 0 fully saturated rings. The first-order valence-corrected chi connectivity index (χ1v) is 8.19. The highest BCUT2D eigenvalue weighted by Crippen LogP contribution is 2.27. The van der Waals surface area contributed by atoms with E-state index in [1.165, 1.54) is 0 Å². The third-order valence-electron chi connectivity index (χ3n) is 4.26. The summed E-state index contributed by atoms with van der Waals surface area (Å²) in [6, 6.07) is 5.26. The minimum Gasteiger partial charge on any atom is -0.481 e. The van der Waals surface area contributed by atoms with Gasteiger partial charge in [0.1, 0.15) is 0 Å². The number of anilines is 1. The Kier molecular flexibility index (Phi) is 5.59. The highest BCUT2D eigenvalue weighted by Gasteiger charge is 2.27. The summed E-state index contributed by atoms with van der Waals surface area (Å²) in [5, 5.41) is 11.9. The minimum atomic E-state index is -0.984. The number of rotatable bonds is 6. The van der Waals surface area contributed by atoms with Crippen molar-refractivity contribution >= 4 is 23.5 Å². The highest BCUT2D eigenvalue weighted by atomic mass is 16.4. The van der Waals surface area contributed by atoms with E-state index in [0.29, 0.717) is 30.6 Å². The average molecular weight is 332 g/mol. The number of nitrogens with zero attached hydrogens (tertiary/aromatic N) is 1. The molecule has 0 bridgehead atoms. The molecule has 0 saturated heterocycles. The van der Waals surface area contributed by atoms with E-state index in [4.69, 9.17) is 5.11 Å². The van der Waals surface area contributed by atoms with Crippen LogP contribution < -0.4 is 5.32 Å². The summed E-state index contributed by atoms with van der Waals surface area (Å²) >= 11 is 0. The second-order valence-electron chi connectivity index (χ2n) is 6.72. The molecule has 2 N–H and O–H groups in total. The Morgan fingerprint density at radius 3 is 2.67 bits per heavy atom. The van der Waals surface area contributed by atoms with Crippen LogP contribution in [0.15, 0.2) is 18.2 Å². The molecule has 0 aliphatic carbocycles. The van der Waals surface area contributed by atoms with E-state index in [-0.39, 0.29) is 24.2 Å². The lowest BCUT2D eigenvalue weighted by Crippen LogP contribution is -2.35. The number of carbonyl (C=O) groups is 3. The lowest BCUT2D eigenvalue weighted by atomic mass is 9.92. The highest BCUT2D eigenvalue weighted by molar-refractivity contribution is 6.01. The first-order chi connectivity index (χ1) is 11.3. The number of fused-ring (bicyclic) bond motifs is 1. The van der Waals surface area contributed by atoms with E-state index >= 15 is 0 Å². The molecule has 1 unspecified atom stereocenters. The number of hydrogen-bond donors (Lipinski definition) is 2. The maximum Gasteiger partial charge on any atom is 0.304 e. The summed E-state index contributed by atoms with van der Waals surface area (Å²) in [6.45, 7) is 4.52. The molecule has 0 saturated carbocycles. The molecular formula is C18H24N2O4. The molecule has 130 valence electrons. The van der Waals surface area contributed by atoms with E-state index in [0.717, 1.165) is 5.56 Å². The lowest BCUT2D eigenvalue weighted by molar-refractivity contribution is -0.140. The molecule has 1 aliphatic rings. The van der Waals surface area contributed by atoms with Gasteiger partial charge in [-0.2, -0.15) is 0 Å². The molecule has 1 aromatic rings. The molecule has 1 aliphatic heterocycles. The quantitative estimate of drug-likeness (QED) is 0.837. The Labute approximate surface area is 141 Å². The monoisotopic (exact) mass is 332 g/mol. The molecule has 1 atom stereocenters. The number of amides is 2. The second-order valence-corrected chi connectivity index (χ2v) is 6.72. The van der Waals surface area contributed by atoms with E-state index in [1.807, 2.05) is 13.8 Å². The maximum absolute atomic E-state index is 12.5. The van der Waals surface area contributed by atoms with Crippen molar-refractivity contribution in [3.05, 3.63) is 29.3 Å². The molecule has 2 amide bonds. The molecule has 2 rings (SSSR count). The van der Waals surface area contributed by atoms with Crippen LogP contribution >= 0.6 is 0 Å². The number of aliphatic carboxylic acids is 1. The van der Waals surface area contributed by atoms with Crippen molar-refractivity contribution in [1.82, 2.24) is 4.90 Å². The van der Waals surface area contributed by atoms with E-state index in [2.05, 4.69) is 5.32 Å². The van der Waals surface area contributed by atoms with Crippen molar-refractivity contribution in [3.8, 4) is 0 Å². The molecule has 0 aromatic heterocycles. The van der Waals surface area contributed by atoms with Crippen LogP contribution in [0.25, 0.3) is 0 Å². The summed E-state index contributed by atoms with van der Waals surface area (Å²) in [5.74, 6) is -1.70. The van der Waals surface area contributed by atoms with Crippen molar-refractivity contribution in [2.75, 3.05) is 18.9 Å². The fourth-order valence-corrected chi connectivity index (χ4v) is 3.06. The number of carbonyl (C=O) groups excluding carboxylic acids is 2. The fraction of sp³-hybridized carbons (Fsp3) is 0.500. The number of carboxylic acid groups (broad SMARTS) is 1. The second kappa shape index (κ2) is 7.47. The maximum atomic E-state index is 12.5. The van der Waals surface area contributed by atoms with E-state index in [9.17, 15) is 14.4 Å². The number of benzene rings is 1. The summed E-state index contributed by atoms with van der Waals surface area (Å²) in [7, 11) is 1.75. The zero-order valence-corrected chi connectivity index (χ0v) is 14.3. The lowest BCUT2D eigenvalue weighted by Gasteiger charge is -2.27. The van der Waals surface area contributed by atoms with Gasteiger partial charge in [-0.05, 0) is 36.5 Å². The van der Waals surface area contributed by atoms with Crippen molar-refractivity contribution < 1.29 is 19.5 Å². The van der Waals surface area contributed by atoms with Crippen LogP contribution in [0.2, 0.25) is 0 Å². The van der Waals surface area contributed by atoms with Crippen molar-refractivity contribution in [3.63, 3.8) is 0 Å². The molecule has 6 heteroatoms. The predicted molar refractivity (Wildman–Crippen MR) is 90.9 cm³/mol. The van der Waals surface area contributed by atoms with E-state index in [1.54, 1.807) is 30.1 Å². The molecule has 0 radical (unpaired) electrons. The molecule has 1 aromatic carbocycles. The van der Waals surface area contributed by atoms with Crippen LogP contribution in [0.3, 0.4) is 0 Å². The smallest absolute Gasteiger partial charge is 0.304 e. The Hall–Kier alpha value is -2.37. The number of hydrogen-bond acceptors (Lipinski definition) is 3. The van der Waals surface area contributed by atoms with Gasteiger partial charge in [-0.15, -0.1) is 0 Å². The SMILES string of the molecule is CC(C)CC(CC(=O)O)C(=O)Nc1cccc2c1CCN(C)C2=O. The summed E-state index contributed by atoms with van der Waals surface area (Å²) in [4.78, 5) is 37.4. The van der Waals surface area contributed by atoms with Gasteiger partial charge in [0, 0.05) is 30.8 Å². The van der Waals surface area contributed by atoms with Gasteiger partial charge in [0.25, 0.3) is 5.91 Å². The molecular weight excluding hydrogens is 308 g/mol. The third kappa shape index (κ3) is 4.13. The largest absolute Gasteiger partial charge is 0.481 e. The van der Waals surface area contributed by atoms with Gasteiger partial charge in [0.2, 0.25) is 5.91 Å². The Morgan fingerprint density at radius 1 is 1.33 bits per heavy atom. The summed E-state index contributed by atoms with van der Waals surface area (Å²) in [6.07, 6.45) is 0.983. The normalized spacial score (nSPS) is 15.2. The zero-order valence-electron chi connectivity index (χ0n) is 14.3. The number of nitrogens with one attached hydrogen (secondary N) is 1. The molecule has 6 nitrogen and oxygen atoms in total. The average Bonchev–Trinajstić information content (AvgIpc) is 2.50. The van der Waals surface area contributed by atoms with Crippen LogP contribution in [0.5, 0.6) is 0 Å². The van der Waals surface area contributed by atoms with Crippen LogP contribution in [0.4, 0.5) is 5.69 Å². The summed E-state index contributed by atoms with van der Waals surface area (Å²) < 4.78 is 0. The van der Waals surface area contributed by atoms with E-state index < -0.39 is 11.9 Å². The standard InChI is InChI=1S/C18H24N2O4/c1-11(2)9-12(10-16(21)22)17(23)19-15-6-4-5-14-13(15)7-8-20(3)18(14)24/h4-6,11-12H,7-10H2,1-3H3,(H,19,23)(H,21,22). The van der Waals surface area contributed by atoms with Gasteiger partial charge in [-0.25, -0.2) is 0 Å². The van der Waals surface area contributed by atoms with Crippen molar-refractivity contribution in [2.45, 2.75) is 33.1 Å². The Balaban J connectivity index is 2.22. The predicted octanol–water partition coefficient (Wildman–Crippen LogP) is 2.39. The van der Waals surface area contributed by atoms with Gasteiger partial charge < -0.3 is 15.3 Å². The number of carboxylic acids is 1. The fourth-order valence-electron chi connectivity index (χ4n) is 3.06.